The Morgan fingerprint density at radius 1 is 1.20 bits per heavy atom. The summed E-state index contributed by atoms with van der Waals surface area (Å²) in [6.07, 6.45) is 1.78. The molecule has 0 saturated carbocycles. The number of unbranched alkanes of at least 4 members (excludes halogenated alkanes) is 2. The zero-order chi connectivity index (χ0) is 11.1. The maximum Gasteiger partial charge on any atom is 0.505 e. The lowest BCUT2D eigenvalue weighted by atomic mass is 9.95. The lowest BCUT2D eigenvalue weighted by molar-refractivity contribution is 0.0901. The summed E-state index contributed by atoms with van der Waals surface area (Å²) in [7, 11) is 0. The van der Waals surface area contributed by atoms with Crippen molar-refractivity contribution in [3.63, 3.8) is 0 Å². The molecule has 0 unspecified atom stereocenters. The van der Waals surface area contributed by atoms with Gasteiger partial charge in [-0.15, -0.1) is 0 Å². The van der Waals surface area contributed by atoms with Gasteiger partial charge in [0.25, 0.3) is 0 Å². The summed E-state index contributed by atoms with van der Waals surface area (Å²) in [5.74, 6) is 0. The number of benzene rings is 1. The van der Waals surface area contributed by atoms with Gasteiger partial charge < -0.3 is 9.84 Å². The van der Waals surface area contributed by atoms with E-state index < -0.39 is 6.16 Å². The van der Waals surface area contributed by atoms with Crippen molar-refractivity contribution in [3.05, 3.63) is 24.3 Å². The first-order chi connectivity index (χ1) is 7.24. The highest BCUT2D eigenvalue weighted by Gasteiger charge is 2.03. The topological polar surface area (TPSA) is 46.5 Å². The Bertz CT molecular complexity index is 282. The molecule has 2 rings (SSSR count). The third-order valence-electron chi connectivity index (χ3n) is 2.19. The SMILES string of the molecule is CCCCCOC(=O)O.c1cc2ccc1-2. The molecule has 0 heterocycles. The molecular weight excluding hydrogens is 192 g/mol. The second-order valence-electron chi connectivity index (χ2n) is 3.40. The number of hydrogen-bond donors (Lipinski definition) is 1. The second kappa shape index (κ2) is 6.06. The van der Waals surface area contributed by atoms with Gasteiger partial charge in [-0.25, -0.2) is 4.79 Å². The van der Waals surface area contributed by atoms with Gasteiger partial charge in [0.05, 0.1) is 6.61 Å². The minimum absolute atomic E-state index is 0.336. The van der Waals surface area contributed by atoms with E-state index in [0.29, 0.717) is 6.61 Å². The van der Waals surface area contributed by atoms with E-state index in [0.717, 1.165) is 19.3 Å². The monoisotopic (exact) mass is 208 g/mol. The third-order valence-corrected chi connectivity index (χ3v) is 2.19. The molecule has 0 aromatic heterocycles. The third kappa shape index (κ3) is 4.02. The Kier molecular flexibility index (Phi) is 4.68. The van der Waals surface area contributed by atoms with E-state index in [1.807, 2.05) is 0 Å². The molecular formula is C12H16O3. The second-order valence-corrected chi connectivity index (χ2v) is 3.40. The van der Waals surface area contributed by atoms with Crippen LogP contribution in [0.4, 0.5) is 4.79 Å². The van der Waals surface area contributed by atoms with E-state index in [2.05, 4.69) is 35.9 Å². The van der Waals surface area contributed by atoms with E-state index in [1.165, 1.54) is 11.1 Å². The van der Waals surface area contributed by atoms with Crippen LogP contribution in [0.3, 0.4) is 0 Å². The maximum absolute atomic E-state index is 9.74. The molecule has 1 N–H and O–H groups in total. The number of rotatable bonds is 4. The number of fused-ring (bicyclic) bond motifs is 1. The minimum Gasteiger partial charge on any atom is -0.450 e. The molecule has 0 radical (unpaired) electrons. The molecule has 0 aliphatic heterocycles. The Hall–Kier alpha value is -1.51. The van der Waals surface area contributed by atoms with Crippen molar-refractivity contribution in [2.75, 3.05) is 6.61 Å². The van der Waals surface area contributed by atoms with Crippen LogP contribution in [0.25, 0.3) is 11.1 Å². The molecule has 0 spiro atoms. The van der Waals surface area contributed by atoms with E-state index >= 15 is 0 Å². The molecule has 0 saturated heterocycles. The Morgan fingerprint density at radius 2 is 1.73 bits per heavy atom. The molecule has 0 amide bonds. The van der Waals surface area contributed by atoms with Gasteiger partial charge in [-0.05, 0) is 17.5 Å². The summed E-state index contributed by atoms with van der Waals surface area (Å²) in [6, 6.07) is 8.48. The van der Waals surface area contributed by atoms with Gasteiger partial charge in [0.1, 0.15) is 0 Å². The zero-order valence-electron chi connectivity index (χ0n) is 8.90. The van der Waals surface area contributed by atoms with Crippen LogP contribution in [0.5, 0.6) is 0 Å². The van der Waals surface area contributed by atoms with Crippen LogP contribution in [-0.4, -0.2) is 17.9 Å². The molecule has 0 bridgehead atoms. The standard InChI is InChI=1S/C6H12O3.C6H4/c1-2-3-4-5-9-6(7)8;1-2-6-4-3-5(1)6/h2-5H2,1H3,(H,7,8);1-4H. The van der Waals surface area contributed by atoms with Crippen LogP contribution in [-0.2, 0) is 4.74 Å². The van der Waals surface area contributed by atoms with Crippen molar-refractivity contribution in [2.45, 2.75) is 26.2 Å². The average molecular weight is 208 g/mol. The predicted octanol–water partition coefficient (Wildman–Crippen LogP) is 3.54. The number of carboxylic acid groups (broad SMARTS) is 1. The molecule has 3 nitrogen and oxygen atoms in total. The van der Waals surface area contributed by atoms with Crippen LogP contribution < -0.4 is 0 Å². The van der Waals surface area contributed by atoms with Gasteiger partial charge in [-0.3, -0.25) is 0 Å². The van der Waals surface area contributed by atoms with Crippen molar-refractivity contribution in [1.29, 1.82) is 0 Å². The number of ether oxygens (including phenoxy) is 1. The first-order valence-corrected chi connectivity index (χ1v) is 5.20. The van der Waals surface area contributed by atoms with Crippen molar-refractivity contribution in [1.82, 2.24) is 0 Å². The lowest BCUT2D eigenvalue weighted by Gasteiger charge is -2.10. The lowest BCUT2D eigenvalue weighted by Crippen LogP contribution is -2.00. The Balaban J connectivity index is 0.000000158. The quantitative estimate of drug-likeness (QED) is 0.617. The normalized spacial score (nSPS) is 9.93. The number of hydrogen-bond acceptors (Lipinski definition) is 2. The van der Waals surface area contributed by atoms with Crippen LogP contribution in [0.2, 0.25) is 0 Å². The highest BCUT2D eigenvalue weighted by Crippen LogP contribution is 2.29. The Morgan fingerprint density at radius 3 is 2.00 bits per heavy atom. The van der Waals surface area contributed by atoms with E-state index in [4.69, 9.17) is 5.11 Å². The molecule has 2 aliphatic carbocycles. The summed E-state index contributed by atoms with van der Waals surface area (Å²) in [6.45, 7) is 2.39. The van der Waals surface area contributed by atoms with Crippen molar-refractivity contribution in [2.24, 2.45) is 0 Å². The first kappa shape index (κ1) is 11.6. The summed E-state index contributed by atoms with van der Waals surface area (Å²) in [5.41, 5.74) is 2.85. The van der Waals surface area contributed by atoms with Crippen molar-refractivity contribution < 1.29 is 14.6 Å². The smallest absolute Gasteiger partial charge is 0.450 e. The van der Waals surface area contributed by atoms with E-state index in [9.17, 15) is 4.79 Å². The van der Waals surface area contributed by atoms with Gasteiger partial charge >= 0.3 is 6.16 Å². The van der Waals surface area contributed by atoms with Gasteiger partial charge in [0.15, 0.2) is 0 Å². The van der Waals surface area contributed by atoms with Crippen LogP contribution in [0, 0.1) is 0 Å². The van der Waals surface area contributed by atoms with Crippen molar-refractivity contribution in [3.8, 4) is 11.1 Å². The van der Waals surface area contributed by atoms with Crippen LogP contribution in [0.1, 0.15) is 26.2 Å². The maximum atomic E-state index is 9.74. The predicted molar refractivity (Wildman–Crippen MR) is 58.9 cm³/mol. The highest BCUT2D eigenvalue weighted by molar-refractivity contribution is 5.75. The summed E-state index contributed by atoms with van der Waals surface area (Å²) in [4.78, 5) is 9.74. The molecule has 0 aromatic carbocycles. The molecule has 2 aliphatic rings. The van der Waals surface area contributed by atoms with Gasteiger partial charge in [-0.2, -0.15) is 0 Å². The molecule has 0 atom stereocenters. The molecule has 0 aromatic rings. The molecule has 15 heavy (non-hydrogen) atoms. The van der Waals surface area contributed by atoms with E-state index in [-0.39, 0.29) is 0 Å². The fraction of sp³-hybridized carbons (Fsp3) is 0.417. The first-order valence-electron chi connectivity index (χ1n) is 5.20. The summed E-state index contributed by atoms with van der Waals surface area (Å²) in [5, 5.41) is 7.99. The Labute approximate surface area is 89.7 Å². The molecule has 3 heteroatoms. The summed E-state index contributed by atoms with van der Waals surface area (Å²) < 4.78 is 4.26. The van der Waals surface area contributed by atoms with Gasteiger partial charge in [0.2, 0.25) is 0 Å². The van der Waals surface area contributed by atoms with Crippen molar-refractivity contribution >= 4 is 6.16 Å². The van der Waals surface area contributed by atoms with E-state index in [1.54, 1.807) is 0 Å². The highest BCUT2D eigenvalue weighted by atomic mass is 16.7. The summed E-state index contributed by atoms with van der Waals surface area (Å²) >= 11 is 0. The van der Waals surface area contributed by atoms with Crippen LogP contribution >= 0.6 is 0 Å². The number of carbonyl (C=O) groups is 1. The molecule has 82 valence electrons. The zero-order valence-corrected chi connectivity index (χ0v) is 8.90. The fourth-order valence-corrected chi connectivity index (χ4v) is 1.17. The fourth-order valence-electron chi connectivity index (χ4n) is 1.17. The van der Waals surface area contributed by atoms with Gasteiger partial charge in [0, 0.05) is 0 Å². The largest absolute Gasteiger partial charge is 0.505 e. The average Bonchev–Trinajstić information content (AvgIpc) is 2.19. The van der Waals surface area contributed by atoms with Gasteiger partial charge in [-0.1, -0.05) is 44.0 Å². The minimum atomic E-state index is -1.17. The molecule has 0 fully saturated rings. The van der Waals surface area contributed by atoms with Crippen LogP contribution in [0.15, 0.2) is 24.3 Å².